The molecular formula is C15H16O4. The summed E-state index contributed by atoms with van der Waals surface area (Å²) in [6.45, 7) is 5.41. The van der Waals surface area contributed by atoms with Crippen molar-refractivity contribution in [1.29, 1.82) is 0 Å². The number of carbonyl (C=O) groups is 2. The smallest absolute Gasteiger partial charge is 0.331 e. The first-order valence-corrected chi connectivity index (χ1v) is 5.84. The molecule has 1 aliphatic rings. The van der Waals surface area contributed by atoms with E-state index in [9.17, 15) is 9.59 Å². The molecule has 0 aromatic heterocycles. The van der Waals surface area contributed by atoms with Crippen molar-refractivity contribution in [3.63, 3.8) is 0 Å². The summed E-state index contributed by atoms with van der Waals surface area (Å²) < 4.78 is 9.38. The second-order valence-corrected chi connectivity index (χ2v) is 3.83. The molecule has 4 nitrogen and oxygen atoms in total. The lowest BCUT2D eigenvalue weighted by atomic mass is 10.2. The Morgan fingerprint density at radius 2 is 1.79 bits per heavy atom. The monoisotopic (exact) mass is 260 g/mol. The van der Waals surface area contributed by atoms with Crippen LogP contribution in [0.4, 0.5) is 0 Å². The average molecular weight is 260 g/mol. The van der Waals surface area contributed by atoms with Crippen LogP contribution in [0.5, 0.6) is 0 Å². The largest absolute Gasteiger partial charge is 0.459 e. The number of benzene rings is 1. The number of rotatable bonds is 1. The predicted octanol–water partition coefficient (Wildman–Crippen LogP) is 2.36. The molecule has 1 aliphatic heterocycles. The summed E-state index contributed by atoms with van der Waals surface area (Å²) in [7, 11) is 0. The van der Waals surface area contributed by atoms with Gasteiger partial charge in [0.25, 0.3) is 0 Å². The van der Waals surface area contributed by atoms with Crippen LogP contribution in [0.15, 0.2) is 49.1 Å². The van der Waals surface area contributed by atoms with Crippen molar-refractivity contribution in [3.05, 3.63) is 54.6 Å². The Bertz CT molecular complexity index is 462. The molecule has 1 aromatic carbocycles. The van der Waals surface area contributed by atoms with E-state index in [-0.39, 0.29) is 12.7 Å². The molecule has 0 fully saturated rings. The van der Waals surface area contributed by atoms with E-state index in [1.807, 2.05) is 36.4 Å². The van der Waals surface area contributed by atoms with E-state index >= 15 is 0 Å². The summed E-state index contributed by atoms with van der Waals surface area (Å²) in [4.78, 5) is 21.3. The van der Waals surface area contributed by atoms with Gasteiger partial charge in [0.1, 0.15) is 12.7 Å². The van der Waals surface area contributed by atoms with Gasteiger partial charge in [-0.15, -0.1) is 0 Å². The van der Waals surface area contributed by atoms with E-state index in [1.165, 1.54) is 5.56 Å². The van der Waals surface area contributed by atoms with Crippen molar-refractivity contribution in [2.75, 3.05) is 6.61 Å². The van der Waals surface area contributed by atoms with Crippen molar-refractivity contribution in [3.8, 4) is 0 Å². The molecule has 0 aliphatic carbocycles. The highest BCUT2D eigenvalue weighted by Crippen LogP contribution is 1.99. The lowest BCUT2D eigenvalue weighted by molar-refractivity contribution is -0.153. The summed E-state index contributed by atoms with van der Waals surface area (Å²) in [5, 5.41) is 0. The highest BCUT2D eigenvalue weighted by molar-refractivity contribution is 5.92. The Morgan fingerprint density at radius 3 is 2.37 bits per heavy atom. The molecule has 100 valence electrons. The lowest BCUT2D eigenvalue weighted by Gasteiger charge is -2.13. The van der Waals surface area contributed by atoms with Gasteiger partial charge in [-0.2, -0.15) is 0 Å². The van der Waals surface area contributed by atoms with Crippen LogP contribution in [0.1, 0.15) is 12.5 Å². The molecule has 2 rings (SSSR count). The van der Waals surface area contributed by atoms with Gasteiger partial charge in [-0.25, -0.2) is 9.59 Å². The Kier molecular flexibility index (Phi) is 6.09. The normalized spacial score (nSPS) is 19.7. The first kappa shape index (κ1) is 14.7. The number of cyclic esters (lactones) is 2. The van der Waals surface area contributed by atoms with Gasteiger partial charge in [0, 0.05) is 12.2 Å². The van der Waals surface area contributed by atoms with Crippen molar-refractivity contribution in [2.45, 2.75) is 13.0 Å². The molecule has 0 amide bonds. The summed E-state index contributed by atoms with van der Waals surface area (Å²) in [6, 6.07) is 10.0. The molecule has 0 saturated carbocycles. The number of carbonyl (C=O) groups excluding carboxylic acids is 2. The third-order valence-corrected chi connectivity index (χ3v) is 2.17. The van der Waals surface area contributed by atoms with Gasteiger partial charge in [-0.05, 0) is 12.5 Å². The molecular weight excluding hydrogens is 244 g/mol. The van der Waals surface area contributed by atoms with Crippen LogP contribution in [0.3, 0.4) is 0 Å². The third-order valence-electron chi connectivity index (χ3n) is 2.17. The standard InChI is InChI=1S/C8H8.C7H8O4/c1-2-8-6-4-3-5-7-8;1-5-4-10-6(8)2-3-7(9)11-5/h2-7H,1H2;2-3,5H,4H2,1H3/b;3-2-. The number of esters is 2. The van der Waals surface area contributed by atoms with E-state index in [1.54, 1.807) is 6.92 Å². The predicted molar refractivity (Wildman–Crippen MR) is 72.2 cm³/mol. The lowest BCUT2D eigenvalue weighted by Crippen LogP contribution is -2.23. The van der Waals surface area contributed by atoms with E-state index < -0.39 is 11.9 Å². The van der Waals surface area contributed by atoms with E-state index in [4.69, 9.17) is 4.74 Å². The maximum Gasteiger partial charge on any atom is 0.331 e. The average Bonchev–Trinajstić information content (AvgIpc) is 2.43. The zero-order chi connectivity index (χ0) is 14.1. The van der Waals surface area contributed by atoms with Crippen LogP contribution >= 0.6 is 0 Å². The van der Waals surface area contributed by atoms with Crippen molar-refractivity contribution in [2.24, 2.45) is 0 Å². The molecule has 0 radical (unpaired) electrons. The van der Waals surface area contributed by atoms with Gasteiger partial charge < -0.3 is 9.47 Å². The van der Waals surface area contributed by atoms with Gasteiger partial charge in [-0.3, -0.25) is 0 Å². The van der Waals surface area contributed by atoms with Crippen LogP contribution < -0.4 is 0 Å². The highest BCUT2D eigenvalue weighted by Gasteiger charge is 2.12. The zero-order valence-corrected chi connectivity index (χ0v) is 10.7. The van der Waals surface area contributed by atoms with E-state index in [0.29, 0.717) is 0 Å². The van der Waals surface area contributed by atoms with Crippen LogP contribution in [0.2, 0.25) is 0 Å². The molecule has 1 unspecified atom stereocenters. The van der Waals surface area contributed by atoms with E-state index in [2.05, 4.69) is 11.3 Å². The Labute approximate surface area is 112 Å². The summed E-state index contributed by atoms with van der Waals surface area (Å²) in [6.07, 6.45) is 3.57. The minimum Gasteiger partial charge on any atom is -0.459 e. The van der Waals surface area contributed by atoms with Crippen LogP contribution in [-0.4, -0.2) is 24.6 Å². The quantitative estimate of drug-likeness (QED) is 0.727. The molecule has 4 heteroatoms. The minimum absolute atomic E-state index is 0.120. The van der Waals surface area contributed by atoms with Gasteiger partial charge >= 0.3 is 11.9 Å². The SMILES string of the molecule is C=Cc1ccccc1.CC1COC(=O)/C=C\C(=O)O1. The topological polar surface area (TPSA) is 52.6 Å². The van der Waals surface area contributed by atoms with Gasteiger partial charge in [0.2, 0.25) is 0 Å². The van der Waals surface area contributed by atoms with Gasteiger partial charge in [-0.1, -0.05) is 43.0 Å². The fraction of sp³-hybridized carbons (Fsp3) is 0.200. The van der Waals surface area contributed by atoms with Crippen molar-refractivity contribution < 1.29 is 19.1 Å². The second kappa shape index (κ2) is 7.87. The molecule has 1 heterocycles. The third kappa shape index (κ3) is 6.21. The first-order valence-electron chi connectivity index (χ1n) is 5.84. The molecule has 0 spiro atoms. The highest BCUT2D eigenvalue weighted by atomic mass is 16.6. The van der Waals surface area contributed by atoms with Crippen LogP contribution in [0, 0.1) is 0 Å². The maximum absolute atomic E-state index is 10.7. The minimum atomic E-state index is -0.506. The molecule has 1 atom stereocenters. The number of ether oxygens (including phenoxy) is 2. The fourth-order valence-corrected chi connectivity index (χ4v) is 1.24. The second-order valence-electron chi connectivity index (χ2n) is 3.83. The molecule has 1 aromatic rings. The molecule has 0 bridgehead atoms. The van der Waals surface area contributed by atoms with Crippen LogP contribution in [0.25, 0.3) is 6.08 Å². The molecule has 0 saturated heterocycles. The molecule has 19 heavy (non-hydrogen) atoms. The van der Waals surface area contributed by atoms with Gasteiger partial charge in [0.15, 0.2) is 0 Å². The van der Waals surface area contributed by atoms with Crippen molar-refractivity contribution >= 4 is 18.0 Å². The number of hydrogen-bond donors (Lipinski definition) is 0. The fourth-order valence-electron chi connectivity index (χ4n) is 1.24. The number of hydrogen-bond acceptors (Lipinski definition) is 4. The zero-order valence-electron chi connectivity index (χ0n) is 10.7. The Hall–Kier alpha value is -2.36. The Morgan fingerprint density at radius 1 is 1.16 bits per heavy atom. The summed E-state index contributed by atoms with van der Waals surface area (Å²) in [5.74, 6) is -1.01. The van der Waals surface area contributed by atoms with E-state index in [0.717, 1.165) is 12.2 Å². The van der Waals surface area contributed by atoms with Crippen LogP contribution in [-0.2, 0) is 19.1 Å². The molecule has 0 N–H and O–H groups in total. The van der Waals surface area contributed by atoms with Crippen molar-refractivity contribution in [1.82, 2.24) is 0 Å². The first-order chi connectivity index (χ1) is 9.11. The van der Waals surface area contributed by atoms with Gasteiger partial charge in [0.05, 0.1) is 0 Å². The maximum atomic E-state index is 10.7. The summed E-state index contributed by atoms with van der Waals surface area (Å²) >= 11 is 0. The summed E-state index contributed by atoms with van der Waals surface area (Å²) in [5.41, 5.74) is 1.17. The Balaban J connectivity index is 0.000000200.